The van der Waals surface area contributed by atoms with Crippen LogP contribution < -0.4 is 16.0 Å². The minimum absolute atomic E-state index is 0.0490. The van der Waals surface area contributed by atoms with Gasteiger partial charge in [0.15, 0.2) is 0 Å². The molecule has 2 aromatic carbocycles. The van der Waals surface area contributed by atoms with Crippen molar-refractivity contribution in [2.45, 2.75) is 58.0 Å². The lowest BCUT2D eigenvalue weighted by Gasteiger charge is -2.16. The van der Waals surface area contributed by atoms with Crippen LogP contribution in [0.2, 0.25) is 0 Å². The summed E-state index contributed by atoms with van der Waals surface area (Å²) >= 11 is 0. The molecule has 1 aliphatic rings. The van der Waals surface area contributed by atoms with Crippen LogP contribution >= 0.6 is 0 Å². The van der Waals surface area contributed by atoms with Crippen LogP contribution in [0.3, 0.4) is 0 Å². The zero-order valence-electron chi connectivity index (χ0n) is 16.6. The number of amides is 3. The summed E-state index contributed by atoms with van der Waals surface area (Å²) < 4.78 is 0. The number of hydrogen-bond donors (Lipinski definition) is 3. The summed E-state index contributed by atoms with van der Waals surface area (Å²) in [7, 11) is 0. The highest BCUT2D eigenvalue weighted by Crippen LogP contribution is 2.19. The molecule has 1 fully saturated rings. The first-order valence-corrected chi connectivity index (χ1v) is 10.1. The Labute approximate surface area is 166 Å². The largest absolute Gasteiger partial charge is 0.349 e. The Kier molecular flexibility index (Phi) is 6.69. The van der Waals surface area contributed by atoms with E-state index in [0.29, 0.717) is 17.3 Å². The fourth-order valence-corrected chi connectivity index (χ4v) is 3.53. The molecule has 3 amide bonds. The topological polar surface area (TPSA) is 70.2 Å². The SMILES string of the molecule is CCc1ccc(C(C)NC(=O)Nc2ccc(C(=O)NC3CCCC3)cc2)cc1. The summed E-state index contributed by atoms with van der Waals surface area (Å²) in [5.41, 5.74) is 3.61. The maximum atomic E-state index is 12.3. The lowest BCUT2D eigenvalue weighted by atomic mass is 10.1. The van der Waals surface area contributed by atoms with E-state index in [1.54, 1.807) is 24.3 Å². The number of anilines is 1. The number of hydrogen-bond acceptors (Lipinski definition) is 2. The second-order valence-electron chi connectivity index (χ2n) is 7.45. The predicted molar refractivity (Wildman–Crippen MR) is 113 cm³/mol. The molecule has 0 bridgehead atoms. The van der Waals surface area contributed by atoms with E-state index in [2.05, 4.69) is 35.0 Å². The molecule has 3 N–H and O–H groups in total. The number of urea groups is 1. The molecule has 1 atom stereocenters. The molecule has 1 aliphatic carbocycles. The van der Waals surface area contributed by atoms with Crippen molar-refractivity contribution in [2.24, 2.45) is 0 Å². The number of rotatable bonds is 6. The van der Waals surface area contributed by atoms with Gasteiger partial charge in [0.25, 0.3) is 5.91 Å². The molecular formula is C23H29N3O2. The van der Waals surface area contributed by atoms with Crippen molar-refractivity contribution in [3.8, 4) is 0 Å². The van der Waals surface area contributed by atoms with Gasteiger partial charge in [-0.05, 0) is 61.6 Å². The fraction of sp³-hybridized carbons (Fsp3) is 0.391. The molecule has 0 radical (unpaired) electrons. The molecule has 0 aromatic heterocycles. The number of carbonyl (C=O) groups excluding carboxylic acids is 2. The van der Waals surface area contributed by atoms with Crippen LogP contribution in [0.1, 0.15) is 67.1 Å². The van der Waals surface area contributed by atoms with Crippen LogP contribution in [0.5, 0.6) is 0 Å². The zero-order chi connectivity index (χ0) is 19.9. The van der Waals surface area contributed by atoms with Crippen LogP contribution in [0.4, 0.5) is 10.5 Å². The quantitative estimate of drug-likeness (QED) is 0.674. The highest BCUT2D eigenvalue weighted by atomic mass is 16.2. The predicted octanol–water partition coefficient (Wildman–Crippen LogP) is 4.80. The summed E-state index contributed by atoms with van der Waals surface area (Å²) in [6.07, 6.45) is 5.49. The molecule has 28 heavy (non-hydrogen) atoms. The van der Waals surface area contributed by atoms with E-state index >= 15 is 0 Å². The lowest BCUT2D eigenvalue weighted by molar-refractivity contribution is 0.0938. The molecular weight excluding hydrogens is 350 g/mol. The minimum atomic E-state index is -0.268. The summed E-state index contributed by atoms with van der Waals surface area (Å²) in [5.74, 6) is -0.0490. The van der Waals surface area contributed by atoms with Crippen molar-refractivity contribution < 1.29 is 9.59 Å². The molecule has 3 rings (SSSR count). The first-order chi connectivity index (χ1) is 13.5. The van der Waals surface area contributed by atoms with Gasteiger partial charge in [0.1, 0.15) is 0 Å². The average Bonchev–Trinajstić information content (AvgIpc) is 3.21. The normalized spacial score (nSPS) is 15.1. The van der Waals surface area contributed by atoms with Crippen molar-refractivity contribution >= 4 is 17.6 Å². The third kappa shape index (κ3) is 5.35. The second-order valence-corrected chi connectivity index (χ2v) is 7.45. The van der Waals surface area contributed by atoms with E-state index in [9.17, 15) is 9.59 Å². The maximum Gasteiger partial charge on any atom is 0.319 e. The van der Waals surface area contributed by atoms with Gasteiger partial charge in [-0.2, -0.15) is 0 Å². The van der Waals surface area contributed by atoms with E-state index in [0.717, 1.165) is 24.8 Å². The van der Waals surface area contributed by atoms with Crippen LogP contribution in [0, 0.1) is 0 Å². The van der Waals surface area contributed by atoms with Gasteiger partial charge < -0.3 is 16.0 Å². The molecule has 0 saturated heterocycles. The van der Waals surface area contributed by atoms with E-state index in [-0.39, 0.29) is 18.0 Å². The molecule has 5 nitrogen and oxygen atoms in total. The Morgan fingerprint density at radius 3 is 2.25 bits per heavy atom. The third-order valence-corrected chi connectivity index (χ3v) is 5.33. The smallest absolute Gasteiger partial charge is 0.319 e. The van der Waals surface area contributed by atoms with Gasteiger partial charge >= 0.3 is 6.03 Å². The van der Waals surface area contributed by atoms with Gasteiger partial charge in [-0.15, -0.1) is 0 Å². The Morgan fingerprint density at radius 2 is 1.64 bits per heavy atom. The van der Waals surface area contributed by atoms with E-state index in [1.165, 1.54) is 18.4 Å². The lowest BCUT2D eigenvalue weighted by Crippen LogP contribution is -2.32. The molecule has 148 valence electrons. The fourth-order valence-electron chi connectivity index (χ4n) is 3.53. The van der Waals surface area contributed by atoms with E-state index in [4.69, 9.17) is 0 Å². The first-order valence-electron chi connectivity index (χ1n) is 10.1. The monoisotopic (exact) mass is 379 g/mol. The van der Waals surface area contributed by atoms with Crippen LogP contribution in [-0.4, -0.2) is 18.0 Å². The van der Waals surface area contributed by atoms with Crippen LogP contribution in [-0.2, 0) is 6.42 Å². The Bertz CT molecular complexity index is 794. The van der Waals surface area contributed by atoms with Gasteiger partial charge in [-0.1, -0.05) is 44.0 Å². The Morgan fingerprint density at radius 1 is 1.00 bits per heavy atom. The molecule has 0 aliphatic heterocycles. The van der Waals surface area contributed by atoms with Crippen molar-refractivity contribution in [1.29, 1.82) is 0 Å². The van der Waals surface area contributed by atoms with E-state index in [1.807, 2.05) is 19.1 Å². The van der Waals surface area contributed by atoms with Crippen molar-refractivity contribution in [3.05, 3.63) is 65.2 Å². The third-order valence-electron chi connectivity index (χ3n) is 5.33. The molecule has 0 spiro atoms. The maximum absolute atomic E-state index is 12.3. The molecule has 1 unspecified atom stereocenters. The highest BCUT2D eigenvalue weighted by molar-refractivity contribution is 5.95. The Hall–Kier alpha value is -2.82. The van der Waals surface area contributed by atoms with Crippen LogP contribution in [0.25, 0.3) is 0 Å². The van der Waals surface area contributed by atoms with E-state index < -0.39 is 0 Å². The Balaban J connectivity index is 1.51. The molecule has 5 heteroatoms. The van der Waals surface area contributed by atoms with Crippen molar-refractivity contribution in [1.82, 2.24) is 10.6 Å². The zero-order valence-corrected chi connectivity index (χ0v) is 16.6. The summed E-state index contributed by atoms with van der Waals surface area (Å²) in [5, 5.41) is 8.83. The highest BCUT2D eigenvalue weighted by Gasteiger charge is 2.18. The number of nitrogens with one attached hydrogen (secondary N) is 3. The molecule has 2 aromatic rings. The van der Waals surface area contributed by atoms with Crippen molar-refractivity contribution in [3.63, 3.8) is 0 Å². The summed E-state index contributed by atoms with van der Waals surface area (Å²) in [4.78, 5) is 24.5. The summed E-state index contributed by atoms with van der Waals surface area (Å²) in [6, 6.07) is 15.2. The van der Waals surface area contributed by atoms with Crippen LogP contribution in [0.15, 0.2) is 48.5 Å². The standard InChI is InChI=1S/C23H29N3O2/c1-3-17-8-10-18(11-9-17)16(2)24-23(28)26-21-14-12-19(13-15-21)22(27)25-20-6-4-5-7-20/h8-16,20H,3-7H2,1-2H3,(H,25,27)(H2,24,26,28). The van der Waals surface area contributed by atoms with Gasteiger partial charge in [0, 0.05) is 17.3 Å². The minimum Gasteiger partial charge on any atom is -0.349 e. The van der Waals surface area contributed by atoms with Gasteiger partial charge in [-0.3, -0.25) is 4.79 Å². The second kappa shape index (κ2) is 9.40. The van der Waals surface area contributed by atoms with Gasteiger partial charge in [0.05, 0.1) is 6.04 Å². The molecule has 1 saturated carbocycles. The van der Waals surface area contributed by atoms with Crippen molar-refractivity contribution in [2.75, 3.05) is 5.32 Å². The number of carbonyl (C=O) groups is 2. The average molecular weight is 380 g/mol. The summed E-state index contributed by atoms with van der Waals surface area (Å²) in [6.45, 7) is 4.07. The molecule has 0 heterocycles. The number of benzene rings is 2. The van der Waals surface area contributed by atoms with Gasteiger partial charge in [-0.25, -0.2) is 4.79 Å². The van der Waals surface area contributed by atoms with Gasteiger partial charge in [0.2, 0.25) is 0 Å². The number of aryl methyl sites for hydroxylation is 1. The first kappa shape index (κ1) is 19.9.